The summed E-state index contributed by atoms with van der Waals surface area (Å²) in [5.74, 6) is 1.17. The third-order valence-corrected chi connectivity index (χ3v) is 4.68. The topological polar surface area (TPSA) is 33.1 Å². The average molecular weight is 355 g/mol. The maximum absolute atomic E-state index is 6.09. The Labute approximate surface area is 149 Å². The highest BCUT2D eigenvalue weighted by atomic mass is 35.5. The molecule has 126 valence electrons. The van der Waals surface area contributed by atoms with E-state index in [1.54, 1.807) is 0 Å². The highest BCUT2D eigenvalue weighted by molar-refractivity contribution is 6.30. The molecule has 0 saturated carbocycles. The van der Waals surface area contributed by atoms with Gasteiger partial charge in [-0.1, -0.05) is 17.7 Å². The number of hydrogen-bond acceptors (Lipinski definition) is 3. The summed E-state index contributed by atoms with van der Waals surface area (Å²) in [6.45, 7) is 2.91. The van der Waals surface area contributed by atoms with Crippen LogP contribution >= 0.6 is 24.0 Å². The third kappa shape index (κ3) is 3.49. The van der Waals surface area contributed by atoms with Crippen molar-refractivity contribution in [2.45, 2.75) is 32.4 Å². The van der Waals surface area contributed by atoms with E-state index in [2.05, 4.69) is 48.5 Å². The molecule has 1 N–H and O–H groups in total. The van der Waals surface area contributed by atoms with Gasteiger partial charge in [0.15, 0.2) is 0 Å². The van der Waals surface area contributed by atoms with Gasteiger partial charge in [0.1, 0.15) is 5.82 Å². The molecule has 1 aromatic heterocycles. The quantitative estimate of drug-likeness (QED) is 0.909. The normalized spacial score (nSPS) is 16.1. The highest BCUT2D eigenvalue weighted by Gasteiger charge is 2.23. The van der Waals surface area contributed by atoms with Gasteiger partial charge in [0.2, 0.25) is 0 Å². The Morgan fingerprint density at radius 2 is 2.13 bits per heavy atom. The first-order valence-corrected chi connectivity index (χ1v) is 8.06. The van der Waals surface area contributed by atoms with Crippen LogP contribution in [0.1, 0.15) is 34.8 Å². The van der Waals surface area contributed by atoms with Gasteiger partial charge in [-0.25, -0.2) is 0 Å². The molecule has 1 aliphatic carbocycles. The van der Waals surface area contributed by atoms with E-state index in [4.69, 9.17) is 11.6 Å². The van der Waals surface area contributed by atoms with Crippen molar-refractivity contribution in [2.24, 2.45) is 7.05 Å². The van der Waals surface area contributed by atoms with Crippen LogP contribution < -0.4 is 10.2 Å². The van der Waals surface area contributed by atoms with Gasteiger partial charge < -0.3 is 10.2 Å². The standard InChI is InChI=1S/C17H23ClN4.ClH/c1-11-15(17(21(2)3)22(4)20-11)10-19-16-8-5-12-9-13(18)6-7-14(12)16;/h6-7,9,16,19H,5,8,10H2,1-4H3;1H. The number of aryl methyl sites for hydroxylation is 3. The number of aromatic nitrogens is 2. The predicted octanol–water partition coefficient (Wildman–Crippen LogP) is 3.65. The Balaban J connectivity index is 0.00000192. The van der Waals surface area contributed by atoms with Crippen LogP contribution in [0.4, 0.5) is 5.82 Å². The highest BCUT2D eigenvalue weighted by Crippen LogP contribution is 2.33. The molecule has 0 saturated heterocycles. The summed E-state index contributed by atoms with van der Waals surface area (Å²) >= 11 is 6.09. The van der Waals surface area contributed by atoms with E-state index < -0.39 is 0 Å². The number of benzene rings is 1. The molecular formula is C17H24Cl2N4. The van der Waals surface area contributed by atoms with E-state index in [1.165, 1.54) is 22.5 Å². The Morgan fingerprint density at radius 1 is 1.39 bits per heavy atom. The molecule has 0 aliphatic heterocycles. The minimum absolute atomic E-state index is 0. The zero-order valence-electron chi connectivity index (χ0n) is 14.1. The molecule has 0 fully saturated rings. The molecule has 0 radical (unpaired) electrons. The van der Waals surface area contributed by atoms with Crippen LogP contribution in [0, 0.1) is 6.92 Å². The molecule has 3 rings (SSSR count). The van der Waals surface area contributed by atoms with Crippen LogP contribution in [0.3, 0.4) is 0 Å². The lowest BCUT2D eigenvalue weighted by atomic mass is 10.1. The SMILES string of the molecule is Cc1nn(C)c(N(C)C)c1CNC1CCc2cc(Cl)ccc21.Cl. The summed E-state index contributed by atoms with van der Waals surface area (Å²) in [4.78, 5) is 2.12. The van der Waals surface area contributed by atoms with Crippen LogP contribution in [0.15, 0.2) is 18.2 Å². The molecule has 0 amide bonds. The van der Waals surface area contributed by atoms with Crippen molar-refractivity contribution in [3.05, 3.63) is 45.6 Å². The predicted molar refractivity (Wildman–Crippen MR) is 98.9 cm³/mol. The van der Waals surface area contributed by atoms with Crippen LogP contribution in [0.2, 0.25) is 5.02 Å². The van der Waals surface area contributed by atoms with Gasteiger partial charge in [-0.2, -0.15) is 5.10 Å². The van der Waals surface area contributed by atoms with Crippen molar-refractivity contribution < 1.29 is 0 Å². The summed E-state index contributed by atoms with van der Waals surface area (Å²) in [5.41, 5.74) is 5.13. The first kappa shape index (κ1) is 18.1. The molecule has 23 heavy (non-hydrogen) atoms. The second-order valence-corrected chi connectivity index (χ2v) is 6.66. The van der Waals surface area contributed by atoms with E-state index in [0.29, 0.717) is 6.04 Å². The average Bonchev–Trinajstić information content (AvgIpc) is 2.96. The van der Waals surface area contributed by atoms with Crippen LogP contribution in [0.5, 0.6) is 0 Å². The number of rotatable bonds is 4. The zero-order valence-corrected chi connectivity index (χ0v) is 15.6. The lowest BCUT2D eigenvalue weighted by molar-refractivity contribution is 0.529. The molecule has 4 nitrogen and oxygen atoms in total. The first-order chi connectivity index (χ1) is 10.5. The maximum atomic E-state index is 6.09. The molecule has 1 aliphatic rings. The Hall–Kier alpha value is -1.23. The summed E-state index contributed by atoms with van der Waals surface area (Å²) in [5, 5.41) is 9.08. The lowest BCUT2D eigenvalue weighted by Crippen LogP contribution is -2.21. The number of hydrogen-bond donors (Lipinski definition) is 1. The number of fused-ring (bicyclic) bond motifs is 1. The molecule has 1 aromatic carbocycles. The molecule has 2 aromatic rings. The minimum Gasteiger partial charge on any atom is -0.363 e. The molecule has 0 bridgehead atoms. The second kappa shape index (κ2) is 7.12. The number of nitrogens with zero attached hydrogens (tertiary/aromatic N) is 3. The molecular weight excluding hydrogens is 331 g/mol. The third-order valence-electron chi connectivity index (χ3n) is 4.44. The Kier molecular flexibility index (Phi) is 5.61. The smallest absolute Gasteiger partial charge is 0.130 e. The van der Waals surface area contributed by atoms with Crippen molar-refractivity contribution in [3.8, 4) is 0 Å². The van der Waals surface area contributed by atoms with E-state index >= 15 is 0 Å². The summed E-state index contributed by atoms with van der Waals surface area (Å²) in [6, 6.07) is 6.65. The molecule has 1 unspecified atom stereocenters. The monoisotopic (exact) mass is 354 g/mol. The van der Waals surface area contributed by atoms with Crippen molar-refractivity contribution in [1.82, 2.24) is 15.1 Å². The van der Waals surface area contributed by atoms with Gasteiger partial charge in [-0.3, -0.25) is 4.68 Å². The van der Waals surface area contributed by atoms with Crippen molar-refractivity contribution >= 4 is 29.8 Å². The Morgan fingerprint density at radius 3 is 2.83 bits per heavy atom. The van der Waals surface area contributed by atoms with Gasteiger partial charge in [0.05, 0.1) is 5.69 Å². The zero-order chi connectivity index (χ0) is 15.9. The van der Waals surface area contributed by atoms with Gasteiger partial charge in [-0.15, -0.1) is 12.4 Å². The second-order valence-electron chi connectivity index (χ2n) is 6.22. The largest absolute Gasteiger partial charge is 0.363 e. The molecule has 0 spiro atoms. The maximum Gasteiger partial charge on any atom is 0.130 e. The summed E-state index contributed by atoms with van der Waals surface area (Å²) in [6.07, 6.45) is 2.23. The van der Waals surface area contributed by atoms with Gasteiger partial charge in [-0.05, 0) is 43.0 Å². The van der Waals surface area contributed by atoms with E-state index in [1.807, 2.05) is 17.8 Å². The molecule has 1 heterocycles. The fourth-order valence-corrected chi connectivity index (χ4v) is 3.67. The lowest BCUT2D eigenvalue weighted by Gasteiger charge is -2.18. The minimum atomic E-state index is 0. The van der Waals surface area contributed by atoms with Crippen LogP contribution in [-0.2, 0) is 20.0 Å². The van der Waals surface area contributed by atoms with Crippen LogP contribution in [-0.4, -0.2) is 23.9 Å². The van der Waals surface area contributed by atoms with Gasteiger partial charge >= 0.3 is 0 Å². The van der Waals surface area contributed by atoms with Gasteiger partial charge in [0, 0.05) is 44.3 Å². The van der Waals surface area contributed by atoms with Gasteiger partial charge in [0.25, 0.3) is 0 Å². The van der Waals surface area contributed by atoms with E-state index in [9.17, 15) is 0 Å². The number of anilines is 1. The molecule has 6 heteroatoms. The van der Waals surface area contributed by atoms with E-state index in [-0.39, 0.29) is 12.4 Å². The fourth-order valence-electron chi connectivity index (χ4n) is 3.48. The number of nitrogens with one attached hydrogen (secondary N) is 1. The van der Waals surface area contributed by atoms with Crippen molar-refractivity contribution in [1.29, 1.82) is 0 Å². The number of halogens is 2. The van der Waals surface area contributed by atoms with Crippen LogP contribution in [0.25, 0.3) is 0 Å². The fraction of sp³-hybridized carbons (Fsp3) is 0.471. The van der Waals surface area contributed by atoms with Crippen molar-refractivity contribution in [3.63, 3.8) is 0 Å². The van der Waals surface area contributed by atoms with E-state index in [0.717, 1.165) is 30.1 Å². The molecule has 1 atom stereocenters. The summed E-state index contributed by atoms with van der Waals surface area (Å²) in [7, 11) is 6.12. The summed E-state index contributed by atoms with van der Waals surface area (Å²) < 4.78 is 1.95. The Bertz CT molecular complexity index is 694. The first-order valence-electron chi connectivity index (χ1n) is 7.69. The van der Waals surface area contributed by atoms with Crippen molar-refractivity contribution in [2.75, 3.05) is 19.0 Å².